The summed E-state index contributed by atoms with van der Waals surface area (Å²) in [4.78, 5) is 20.7. The van der Waals surface area contributed by atoms with Crippen molar-refractivity contribution in [2.45, 2.75) is 33.1 Å². The molecule has 0 spiro atoms. The van der Waals surface area contributed by atoms with Gasteiger partial charge in [0.2, 0.25) is 0 Å². The molecule has 0 radical (unpaired) electrons. The molecule has 0 bridgehead atoms. The predicted octanol–water partition coefficient (Wildman–Crippen LogP) is 1.47. The summed E-state index contributed by atoms with van der Waals surface area (Å²) < 4.78 is 0. The van der Waals surface area contributed by atoms with Gasteiger partial charge < -0.3 is 9.90 Å². The van der Waals surface area contributed by atoms with Crippen LogP contribution in [0.25, 0.3) is 0 Å². The fourth-order valence-electron chi connectivity index (χ4n) is 0.963. The lowest BCUT2D eigenvalue weighted by molar-refractivity contribution is -0.137. The zero-order valence-electron chi connectivity index (χ0n) is 6.96. The summed E-state index contributed by atoms with van der Waals surface area (Å²) >= 11 is 0. The summed E-state index contributed by atoms with van der Waals surface area (Å²) in [6.45, 7) is 3.42. The molecule has 3 heteroatoms. The van der Waals surface area contributed by atoms with Crippen molar-refractivity contribution in [3.8, 4) is 0 Å². The first-order chi connectivity index (χ1) is 5.02. The highest BCUT2D eigenvalue weighted by molar-refractivity contribution is 5.75. The molecule has 0 saturated carbocycles. The lowest BCUT2D eigenvalue weighted by atomic mass is 10.00. The van der Waals surface area contributed by atoms with Crippen LogP contribution in [0.3, 0.4) is 0 Å². The van der Waals surface area contributed by atoms with Crippen LogP contribution in [-0.4, -0.2) is 16.9 Å². The van der Waals surface area contributed by atoms with E-state index >= 15 is 0 Å². The third kappa shape index (κ3) is 7.03. The van der Waals surface area contributed by atoms with Crippen molar-refractivity contribution in [3.05, 3.63) is 0 Å². The first kappa shape index (κ1) is 10.1. The minimum atomic E-state index is -0.791. The number of aliphatic carboxylic acids is 1. The van der Waals surface area contributed by atoms with E-state index in [1.807, 2.05) is 6.92 Å². The Bertz CT molecular complexity index is 151. The summed E-state index contributed by atoms with van der Waals surface area (Å²) in [5.74, 6) is -0.466. The molecule has 0 amide bonds. The van der Waals surface area contributed by atoms with Gasteiger partial charge in [0, 0.05) is 12.8 Å². The van der Waals surface area contributed by atoms with E-state index in [0.717, 1.165) is 0 Å². The molecular formula is C8H14O3. The normalized spacial score (nSPS) is 12.5. The minimum absolute atomic E-state index is 0.128. The first-order valence-electron chi connectivity index (χ1n) is 3.73. The molecule has 0 aliphatic rings. The second kappa shape index (κ2) is 4.88. The molecule has 0 rings (SSSR count). The maximum Gasteiger partial charge on any atom is 0.303 e. The molecule has 0 fully saturated rings. The summed E-state index contributed by atoms with van der Waals surface area (Å²) in [5.41, 5.74) is 0. The van der Waals surface area contributed by atoms with Crippen LogP contribution in [0.15, 0.2) is 0 Å². The number of ketones is 1. The molecule has 0 aromatic heterocycles. The van der Waals surface area contributed by atoms with Gasteiger partial charge in [0.05, 0.1) is 0 Å². The van der Waals surface area contributed by atoms with Gasteiger partial charge >= 0.3 is 5.97 Å². The molecule has 0 saturated heterocycles. The molecule has 1 atom stereocenters. The summed E-state index contributed by atoms with van der Waals surface area (Å²) in [6.07, 6.45) is 1.25. The van der Waals surface area contributed by atoms with Crippen molar-refractivity contribution in [1.29, 1.82) is 0 Å². The van der Waals surface area contributed by atoms with Crippen molar-refractivity contribution in [3.63, 3.8) is 0 Å². The number of hydrogen-bond acceptors (Lipinski definition) is 2. The van der Waals surface area contributed by atoms with Crippen LogP contribution in [0, 0.1) is 5.92 Å². The van der Waals surface area contributed by atoms with Gasteiger partial charge in [0.1, 0.15) is 5.78 Å². The Kier molecular flexibility index (Phi) is 4.50. The monoisotopic (exact) mass is 158 g/mol. The smallest absolute Gasteiger partial charge is 0.303 e. The number of carboxylic acid groups (broad SMARTS) is 1. The predicted molar refractivity (Wildman–Crippen MR) is 41.3 cm³/mol. The Labute approximate surface area is 66.4 Å². The SMILES string of the molecule is CC(=O)C[C@@H](C)CCC(=O)O. The van der Waals surface area contributed by atoms with Crippen LogP contribution < -0.4 is 0 Å². The summed E-state index contributed by atoms with van der Waals surface area (Å²) in [6, 6.07) is 0. The number of carbonyl (C=O) groups is 2. The van der Waals surface area contributed by atoms with Gasteiger partial charge in [-0.2, -0.15) is 0 Å². The fraction of sp³-hybridized carbons (Fsp3) is 0.750. The molecule has 1 N–H and O–H groups in total. The second-order valence-corrected chi connectivity index (χ2v) is 2.94. The average Bonchev–Trinajstić information content (AvgIpc) is 1.82. The van der Waals surface area contributed by atoms with E-state index in [2.05, 4.69) is 0 Å². The lowest BCUT2D eigenvalue weighted by Crippen LogP contribution is -2.04. The molecule has 3 nitrogen and oxygen atoms in total. The van der Waals surface area contributed by atoms with Crippen molar-refractivity contribution >= 4 is 11.8 Å². The topological polar surface area (TPSA) is 54.4 Å². The van der Waals surface area contributed by atoms with Gasteiger partial charge in [0.15, 0.2) is 0 Å². The van der Waals surface area contributed by atoms with Gasteiger partial charge in [-0.15, -0.1) is 0 Å². The standard InChI is InChI=1S/C8H14O3/c1-6(5-7(2)9)3-4-8(10)11/h6H,3-5H2,1-2H3,(H,10,11)/t6-/m0/s1. The maximum absolute atomic E-state index is 10.6. The van der Waals surface area contributed by atoms with Crippen LogP contribution in [0.5, 0.6) is 0 Å². The van der Waals surface area contributed by atoms with Crippen LogP contribution in [0.4, 0.5) is 0 Å². The largest absolute Gasteiger partial charge is 0.481 e. The molecule has 0 aliphatic carbocycles. The van der Waals surface area contributed by atoms with Crippen molar-refractivity contribution in [2.75, 3.05) is 0 Å². The fourth-order valence-corrected chi connectivity index (χ4v) is 0.963. The molecule has 11 heavy (non-hydrogen) atoms. The Morgan fingerprint density at radius 1 is 1.45 bits per heavy atom. The Hall–Kier alpha value is -0.860. The number of Topliss-reactive ketones (excluding diaryl/α,β-unsaturated/α-hetero) is 1. The third-order valence-corrected chi connectivity index (χ3v) is 1.49. The Morgan fingerprint density at radius 2 is 2.00 bits per heavy atom. The molecule has 0 aromatic rings. The number of carboxylic acids is 1. The number of hydrogen-bond donors (Lipinski definition) is 1. The van der Waals surface area contributed by atoms with E-state index in [0.29, 0.717) is 12.8 Å². The van der Waals surface area contributed by atoms with Gasteiger partial charge in [-0.3, -0.25) is 4.79 Å². The first-order valence-corrected chi connectivity index (χ1v) is 3.73. The van der Waals surface area contributed by atoms with Crippen molar-refractivity contribution in [1.82, 2.24) is 0 Å². The second-order valence-electron chi connectivity index (χ2n) is 2.94. The zero-order chi connectivity index (χ0) is 8.85. The zero-order valence-corrected chi connectivity index (χ0v) is 6.96. The van der Waals surface area contributed by atoms with Crippen LogP contribution in [0.1, 0.15) is 33.1 Å². The van der Waals surface area contributed by atoms with E-state index in [9.17, 15) is 9.59 Å². The molecule has 0 aromatic carbocycles. The summed E-state index contributed by atoms with van der Waals surface area (Å²) in [5, 5.41) is 8.31. The van der Waals surface area contributed by atoms with Gasteiger partial charge in [-0.1, -0.05) is 6.92 Å². The van der Waals surface area contributed by atoms with Crippen molar-refractivity contribution in [2.24, 2.45) is 5.92 Å². The van der Waals surface area contributed by atoms with E-state index in [1.54, 1.807) is 0 Å². The van der Waals surface area contributed by atoms with Crippen LogP contribution in [0.2, 0.25) is 0 Å². The molecular weight excluding hydrogens is 144 g/mol. The highest BCUT2D eigenvalue weighted by Gasteiger charge is 2.06. The lowest BCUT2D eigenvalue weighted by Gasteiger charge is -2.05. The molecule has 64 valence electrons. The highest BCUT2D eigenvalue weighted by atomic mass is 16.4. The Morgan fingerprint density at radius 3 is 2.36 bits per heavy atom. The minimum Gasteiger partial charge on any atom is -0.481 e. The number of rotatable bonds is 5. The van der Waals surface area contributed by atoms with E-state index in [1.165, 1.54) is 6.92 Å². The van der Waals surface area contributed by atoms with Gasteiger partial charge in [0.25, 0.3) is 0 Å². The molecule has 0 heterocycles. The van der Waals surface area contributed by atoms with Gasteiger partial charge in [-0.05, 0) is 19.3 Å². The molecule has 0 unspecified atom stereocenters. The van der Waals surface area contributed by atoms with Crippen LogP contribution >= 0.6 is 0 Å². The van der Waals surface area contributed by atoms with E-state index in [-0.39, 0.29) is 18.1 Å². The van der Waals surface area contributed by atoms with Gasteiger partial charge in [-0.25, -0.2) is 0 Å². The maximum atomic E-state index is 10.6. The third-order valence-electron chi connectivity index (χ3n) is 1.49. The highest BCUT2D eigenvalue weighted by Crippen LogP contribution is 2.09. The average molecular weight is 158 g/mol. The van der Waals surface area contributed by atoms with E-state index in [4.69, 9.17) is 5.11 Å². The van der Waals surface area contributed by atoms with E-state index < -0.39 is 5.97 Å². The quantitative estimate of drug-likeness (QED) is 0.659. The number of carbonyl (C=O) groups excluding carboxylic acids is 1. The summed E-state index contributed by atoms with van der Waals surface area (Å²) in [7, 11) is 0. The van der Waals surface area contributed by atoms with Crippen molar-refractivity contribution < 1.29 is 14.7 Å². The Balaban J connectivity index is 3.44. The van der Waals surface area contributed by atoms with Crippen LogP contribution in [-0.2, 0) is 9.59 Å². The molecule has 0 aliphatic heterocycles.